The van der Waals surface area contributed by atoms with Crippen LogP contribution in [0, 0.1) is 12.7 Å². The highest BCUT2D eigenvalue weighted by molar-refractivity contribution is 7.99. The molecule has 190 valence electrons. The number of aryl methyl sites for hydroxylation is 1. The minimum absolute atomic E-state index is 0.00197. The van der Waals surface area contributed by atoms with Crippen LogP contribution in [-0.4, -0.2) is 34.6 Å². The van der Waals surface area contributed by atoms with Crippen LogP contribution in [0.15, 0.2) is 78.9 Å². The van der Waals surface area contributed by atoms with Crippen LogP contribution in [-0.2, 0) is 28.3 Å². The number of nitrogens with one attached hydrogen (secondary N) is 1. The van der Waals surface area contributed by atoms with Gasteiger partial charge in [0, 0.05) is 24.8 Å². The van der Waals surface area contributed by atoms with E-state index in [-0.39, 0.29) is 29.4 Å². The molecule has 0 aliphatic heterocycles. The second kappa shape index (κ2) is 13.8. The molecule has 0 saturated carbocycles. The number of hydrogen-bond donors (Lipinski definition) is 1. The molecule has 0 unspecified atom stereocenters. The molecular weight excluding hydrogens is 471 g/mol. The van der Waals surface area contributed by atoms with Gasteiger partial charge in [0.1, 0.15) is 11.9 Å². The number of carbonyl (C=O) groups is 2. The van der Waals surface area contributed by atoms with Gasteiger partial charge in [-0.25, -0.2) is 4.39 Å². The Labute approximate surface area is 218 Å². The zero-order valence-electron chi connectivity index (χ0n) is 21.2. The van der Waals surface area contributed by atoms with Crippen molar-refractivity contribution in [2.45, 2.75) is 58.0 Å². The number of rotatable bonds is 12. The summed E-state index contributed by atoms with van der Waals surface area (Å²) in [5.41, 5.74) is 3.62. The normalized spacial score (nSPS) is 12.6. The van der Waals surface area contributed by atoms with Crippen molar-refractivity contribution in [3.8, 4) is 0 Å². The van der Waals surface area contributed by atoms with Crippen molar-refractivity contribution in [3.63, 3.8) is 0 Å². The van der Waals surface area contributed by atoms with Gasteiger partial charge in [-0.1, -0.05) is 85.3 Å². The van der Waals surface area contributed by atoms with Gasteiger partial charge in [0.05, 0.1) is 5.75 Å². The van der Waals surface area contributed by atoms with E-state index < -0.39 is 6.04 Å². The summed E-state index contributed by atoms with van der Waals surface area (Å²) in [6.45, 7) is 6.32. The summed E-state index contributed by atoms with van der Waals surface area (Å²) < 4.78 is 14.1. The highest BCUT2D eigenvalue weighted by Gasteiger charge is 2.31. The second-order valence-corrected chi connectivity index (χ2v) is 10.1. The van der Waals surface area contributed by atoms with E-state index in [4.69, 9.17) is 0 Å². The number of nitrogens with zero attached hydrogens (tertiary/aromatic N) is 1. The molecular formula is C30H35FN2O2S. The van der Waals surface area contributed by atoms with Gasteiger partial charge in [0.2, 0.25) is 11.8 Å². The average Bonchev–Trinajstić information content (AvgIpc) is 2.87. The van der Waals surface area contributed by atoms with Crippen LogP contribution < -0.4 is 5.32 Å². The molecule has 0 aliphatic carbocycles. The summed E-state index contributed by atoms with van der Waals surface area (Å²) >= 11 is 1.36. The fourth-order valence-corrected chi connectivity index (χ4v) is 4.85. The summed E-state index contributed by atoms with van der Waals surface area (Å²) in [7, 11) is 0. The Hall–Kier alpha value is -3.12. The van der Waals surface area contributed by atoms with Crippen molar-refractivity contribution < 1.29 is 14.0 Å². The Kier molecular flexibility index (Phi) is 10.6. The van der Waals surface area contributed by atoms with Gasteiger partial charge >= 0.3 is 0 Å². The summed E-state index contributed by atoms with van der Waals surface area (Å²) in [6, 6.07) is 23.7. The standard InChI is InChI=1S/C30H35FN2O2S/c1-4-23(3)32-30(35)28(18-24-12-6-5-7-13-24)33(19-25-14-10-11-22(2)17-25)29(34)21-36-20-26-15-8-9-16-27(26)31/h5-17,23,28H,4,18-21H2,1-3H3,(H,32,35)/t23-,28+/m0/s1. The summed E-state index contributed by atoms with van der Waals surface area (Å²) in [5.74, 6) is -0.0309. The molecule has 3 aromatic rings. The Balaban J connectivity index is 1.86. The highest BCUT2D eigenvalue weighted by atomic mass is 32.2. The molecule has 3 rings (SSSR count). The lowest BCUT2D eigenvalue weighted by molar-refractivity contribution is -0.139. The first-order valence-electron chi connectivity index (χ1n) is 12.4. The minimum atomic E-state index is -0.663. The quantitative estimate of drug-likeness (QED) is 0.332. The van der Waals surface area contributed by atoms with Crippen LogP contribution in [0.1, 0.15) is 42.5 Å². The zero-order valence-corrected chi connectivity index (χ0v) is 22.1. The molecule has 0 aliphatic rings. The van der Waals surface area contributed by atoms with Crippen LogP contribution in [0.4, 0.5) is 4.39 Å². The number of thioether (sulfide) groups is 1. The molecule has 0 radical (unpaired) electrons. The Morgan fingerprint density at radius 3 is 2.36 bits per heavy atom. The lowest BCUT2D eigenvalue weighted by Gasteiger charge is -2.32. The lowest BCUT2D eigenvalue weighted by Crippen LogP contribution is -2.52. The maximum Gasteiger partial charge on any atom is 0.243 e. The monoisotopic (exact) mass is 506 g/mol. The first kappa shape index (κ1) is 27.5. The summed E-state index contributed by atoms with van der Waals surface area (Å²) in [4.78, 5) is 28.8. The molecule has 0 fully saturated rings. The van der Waals surface area contributed by atoms with E-state index in [1.807, 2.05) is 75.4 Å². The molecule has 1 N–H and O–H groups in total. The van der Waals surface area contributed by atoms with Crippen molar-refractivity contribution in [1.82, 2.24) is 10.2 Å². The topological polar surface area (TPSA) is 49.4 Å². The van der Waals surface area contributed by atoms with Crippen LogP contribution in [0.5, 0.6) is 0 Å². The largest absolute Gasteiger partial charge is 0.352 e. The predicted octanol–water partition coefficient (Wildman–Crippen LogP) is 5.92. The SMILES string of the molecule is CC[C@H](C)NC(=O)[C@@H](Cc1ccccc1)N(Cc1cccc(C)c1)C(=O)CSCc1ccccc1F. The van der Waals surface area contributed by atoms with Gasteiger partial charge in [-0.2, -0.15) is 0 Å². The predicted molar refractivity (Wildman–Crippen MR) is 146 cm³/mol. The smallest absolute Gasteiger partial charge is 0.243 e. The summed E-state index contributed by atoms with van der Waals surface area (Å²) in [5, 5.41) is 3.08. The second-order valence-electron chi connectivity index (χ2n) is 9.12. The lowest BCUT2D eigenvalue weighted by atomic mass is 10.0. The van der Waals surface area contributed by atoms with Crippen molar-refractivity contribution in [2.75, 3.05) is 5.75 Å². The van der Waals surface area contributed by atoms with E-state index >= 15 is 0 Å². The third kappa shape index (κ3) is 8.23. The van der Waals surface area contributed by atoms with E-state index in [0.29, 0.717) is 24.3 Å². The number of halogens is 1. The first-order valence-corrected chi connectivity index (χ1v) is 13.5. The average molecular weight is 507 g/mol. The van der Waals surface area contributed by atoms with Crippen LogP contribution >= 0.6 is 11.8 Å². The molecule has 0 saturated heterocycles. The van der Waals surface area contributed by atoms with E-state index in [2.05, 4.69) is 5.32 Å². The van der Waals surface area contributed by atoms with Gasteiger partial charge in [-0.3, -0.25) is 9.59 Å². The van der Waals surface area contributed by atoms with Crippen molar-refractivity contribution >= 4 is 23.6 Å². The van der Waals surface area contributed by atoms with Crippen LogP contribution in [0.25, 0.3) is 0 Å². The Morgan fingerprint density at radius 2 is 1.67 bits per heavy atom. The maximum atomic E-state index is 14.1. The molecule has 0 heterocycles. The van der Waals surface area contributed by atoms with E-state index in [1.54, 1.807) is 23.1 Å². The molecule has 6 heteroatoms. The molecule has 4 nitrogen and oxygen atoms in total. The van der Waals surface area contributed by atoms with Gasteiger partial charge in [0.25, 0.3) is 0 Å². The number of amides is 2. The van der Waals surface area contributed by atoms with Gasteiger partial charge in [-0.15, -0.1) is 11.8 Å². The van der Waals surface area contributed by atoms with Crippen molar-refractivity contribution in [3.05, 3.63) is 107 Å². The number of benzene rings is 3. The highest BCUT2D eigenvalue weighted by Crippen LogP contribution is 2.20. The summed E-state index contributed by atoms with van der Waals surface area (Å²) in [6.07, 6.45) is 1.22. The third-order valence-electron chi connectivity index (χ3n) is 6.15. The number of hydrogen-bond acceptors (Lipinski definition) is 3. The Bertz CT molecular complexity index is 1140. The molecule has 0 aromatic heterocycles. The molecule has 0 bridgehead atoms. The Morgan fingerprint density at radius 1 is 0.972 bits per heavy atom. The fourth-order valence-electron chi connectivity index (χ4n) is 3.95. The van der Waals surface area contributed by atoms with E-state index in [0.717, 1.165) is 23.1 Å². The number of carbonyl (C=O) groups excluding carboxylic acids is 2. The van der Waals surface area contributed by atoms with Gasteiger partial charge < -0.3 is 10.2 Å². The van der Waals surface area contributed by atoms with Crippen LogP contribution in [0.2, 0.25) is 0 Å². The van der Waals surface area contributed by atoms with Crippen LogP contribution in [0.3, 0.4) is 0 Å². The minimum Gasteiger partial charge on any atom is -0.352 e. The zero-order chi connectivity index (χ0) is 25.9. The maximum absolute atomic E-state index is 14.1. The van der Waals surface area contributed by atoms with Crippen molar-refractivity contribution in [1.29, 1.82) is 0 Å². The molecule has 2 atom stereocenters. The molecule has 2 amide bonds. The first-order chi connectivity index (χ1) is 17.4. The van der Waals surface area contributed by atoms with Gasteiger partial charge in [0.15, 0.2) is 0 Å². The fraction of sp³-hybridized carbons (Fsp3) is 0.333. The van der Waals surface area contributed by atoms with E-state index in [1.165, 1.54) is 17.8 Å². The van der Waals surface area contributed by atoms with Crippen molar-refractivity contribution in [2.24, 2.45) is 0 Å². The molecule has 0 spiro atoms. The van der Waals surface area contributed by atoms with E-state index in [9.17, 15) is 14.0 Å². The molecule has 36 heavy (non-hydrogen) atoms. The molecule has 3 aromatic carbocycles. The van der Waals surface area contributed by atoms with Gasteiger partial charge in [-0.05, 0) is 43.0 Å². The third-order valence-corrected chi connectivity index (χ3v) is 7.11.